The minimum atomic E-state index is -4.12. The highest BCUT2D eigenvalue weighted by Crippen LogP contribution is 2.44. The fourth-order valence-corrected chi connectivity index (χ4v) is 7.67. The number of nitrogens with one attached hydrogen (secondary N) is 2. The number of hydrogen-bond acceptors (Lipinski definition) is 7. The number of rotatable bonds is 7. The van der Waals surface area contributed by atoms with Crippen LogP contribution in [0.15, 0.2) is 20.9 Å². The maximum absolute atomic E-state index is 13.3. The maximum atomic E-state index is 13.3. The molecule has 2 N–H and O–H groups in total. The summed E-state index contributed by atoms with van der Waals surface area (Å²) in [5.74, 6) is -2.56. The molecule has 5 rings (SSSR count). The van der Waals surface area contributed by atoms with Crippen LogP contribution in [-0.2, 0) is 34.7 Å². The summed E-state index contributed by atoms with van der Waals surface area (Å²) in [7, 11) is -2.36. The number of anilines is 1. The molecule has 2 saturated carbocycles. The van der Waals surface area contributed by atoms with Gasteiger partial charge in [0.05, 0.1) is 17.7 Å². The van der Waals surface area contributed by atoms with Crippen LogP contribution in [0, 0.1) is 12.8 Å². The van der Waals surface area contributed by atoms with Crippen molar-refractivity contribution in [2.24, 2.45) is 23.0 Å². The Kier molecular flexibility index (Phi) is 6.15. The molecule has 13 heteroatoms. The highest BCUT2D eigenvalue weighted by Gasteiger charge is 2.47. The summed E-state index contributed by atoms with van der Waals surface area (Å²) in [5.41, 5.74) is 1.40. The first-order chi connectivity index (χ1) is 16.5. The lowest BCUT2D eigenvalue weighted by molar-refractivity contribution is -0.117. The van der Waals surface area contributed by atoms with Gasteiger partial charge in [-0.2, -0.15) is 10.1 Å². The second-order valence-electron chi connectivity index (χ2n) is 9.51. The number of carbonyl (C=O) groups is 1. The number of aryl methyl sites for hydroxylation is 3. The van der Waals surface area contributed by atoms with Crippen LogP contribution in [0.5, 0.6) is 0 Å². The zero-order valence-electron chi connectivity index (χ0n) is 19.3. The van der Waals surface area contributed by atoms with Crippen LogP contribution in [0.4, 0.5) is 19.6 Å². The van der Waals surface area contributed by atoms with Crippen LogP contribution in [0.25, 0.3) is 0 Å². The predicted molar refractivity (Wildman–Crippen MR) is 127 cm³/mol. The monoisotopic (exact) mass is 524 g/mol. The summed E-state index contributed by atoms with van der Waals surface area (Å²) in [5, 5.41) is 7.27. The SMILES string of the molecule is Cc1cc(N=C=N[C@H]2CCc3sc(NC(=O)C4CC4)c(S(=O)(=O)NC4CC(F)(F)C4)c3C2)n(C)n1. The first-order valence-corrected chi connectivity index (χ1v) is 13.8. The van der Waals surface area contributed by atoms with Crippen LogP contribution in [0.2, 0.25) is 0 Å². The van der Waals surface area contributed by atoms with Crippen molar-refractivity contribution in [3.63, 3.8) is 0 Å². The molecule has 2 heterocycles. The van der Waals surface area contributed by atoms with Gasteiger partial charge in [-0.1, -0.05) is 0 Å². The standard InChI is InChI=1S/C22H26F2N6O3S2/c1-12-7-18(30(2)28-12)26-11-25-14-5-6-17-16(8-14)19(21(34-17)27-20(31)13-3-4-13)35(32,33)29-15-9-22(23,24)10-15/h7,13-15,29H,3-6,8-10H2,1-2H3,(H,27,31)/t14-/m0/s1. The van der Waals surface area contributed by atoms with Crippen LogP contribution < -0.4 is 10.0 Å². The predicted octanol–water partition coefficient (Wildman–Crippen LogP) is 3.58. The van der Waals surface area contributed by atoms with Gasteiger partial charge in [0.1, 0.15) is 9.90 Å². The van der Waals surface area contributed by atoms with Crippen molar-refractivity contribution in [2.45, 2.75) is 74.8 Å². The molecule has 2 aromatic heterocycles. The smallest absolute Gasteiger partial charge is 0.251 e. The lowest BCUT2D eigenvalue weighted by atomic mass is 9.89. The third kappa shape index (κ3) is 5.23. The van der Waals surface area contributed by atoms with Crippen LogP contribution in [0.3, 0.4) is 0 Å². The van der Waals surface area contributed by atoms with Gasteiger partial charge in [0.25, 0.3) is 5.92 Å². The highest BCUT2D eigenvalue weighted by atomic mass is 32.2. The van der Waals surface area contributed by atoms with Gasteiger partial charge < -0.3 is 5.32 Å². The van der Waals surface area contributed by atoms with E-state index in [1.165, 1.54) is 11.3 Å². The molecule has 35 heavy (non-hydrogen) atoms. The van der Waals surface area contributed by atoms with E-state index in [-0.39, 0.29) is 27.8 Å². The molecule has 0 radical (unpaired) electrons. The Bertz CT molecular complexity index is 1330. The van der Waals surface area contributed by atoms with Crippen molar-refractivity contribution in [1.82, 2.24) is 14.5 Å². The molecule has 0 aliphatic heterocycles. The van der Waals surface area contributed by atoms with Crippen LogP contribution >= 0.6 is 11.3 Å². The number of halogens is 2. The van der Waals surface area contributed by atoms with Crippen molar-refractivity contribution in [3.8, 4) is 0 Å². The number of fused-ring (bicyclic) bond motifs is 1. The second kappa shape index (κ2) is 8.88. The van der Waals surface area contributed by atoms with Gasteiger partial charge in [0.15, 0.2) is 5.82 Å². The Morgan fingerprint density at radius 1 is 1.31 bits per heavy atom. The number of carbonyl (C=O) groups excluding carboxylic acids is 1. The number of hydrogen-bond donors (Lipinski definition) is 2. The molecule has 3 aliphatic carbocycles. The summed E-state index contributed by atoms with van der Waals surface area (Å²) in [6.45, 7) is 1.86. The van der Waals surface area contributed by atoms with E-state index < -0.39 is 34.8 Å². The van der Waals surface area contributed by atoms with E-state index in [2.05, 4.69) is 31.1 Å². The van der Waals surface area contributed by atoms with Crippen LogP contribution in [-0.4, -0.2) is 48.1 Å². The summed E-state index contributed by atoms with van der Waals surface area (Å²) in [6, 6.07) is 3.44. The van der Waals surface area contributed by atoms with Gasteiger partial charge in [-0.25, -0.2) is 26.9 Å². The Morgan fingerprint density at radius 3 is 2.69 bits per heavy atom. The van der Waals surface area contributed by atoms with E-state index in [1.807, 2.05) is 6.92 Å². The van der Waals surface area contributed by atoms with Gasteiger partial charge in [-0.05, 0) is 44.6 Å². The molecule has 1 atom stereocenters. The van der Waals surface area contributed by atoms with E-state index in [1.54, 1.807) is 17.8 Å². The molecule has 3 aliphatic rings. The Labute approximate surface area is 205 Å². The number of alkyl halides is 2. The average molecular weight is 525 g/mol. The van der Waals surface area contributed by atoms with E-state index in [4.69, 9.17) is 0 Å². The normalized spacial score (nSPS) is 21.5. The van der Waals surface area contributed by atoms with E-state index in [0.29, 0.717) is 30.6 Å². The fourth-order valence-electron chi connectivity index (χ4n) is 4.46. The number of sulfonamides is 1. The van der Waals surface area contributed by atoms with E-state index in [0.717, 1.165) is 23.4 Å². The van der Waals surface area contributed by atoms with Crippen molar-refractivity contribution in [1.29, 1.82) is 0 Å². The molecule has 0 aromatic carbocycles. The van der Waals surface area contributed by atoms with Crippen molar-refractivity contribution in [3.05, 3.63) is 22.2 Å². The molecule has 2 fully saturated rings. The lowest BCUT2D eigenvalue weighted by Crippen LogP contribution is -2.50. The molecule has 0 saturated heterocycles. The summed E-state index contributed by atoms with van der Waals surface area (Å²) in [4.78, 5) is 21.9. The summed E-state index contributed by atoms with van der Waals surface area (Å²) < 4.78 is 57.4. The third-order valence-corrected chi connectivity index (χ3v) is 9.40. The maximum Gasteiger partial charge on any atom is 0.251 e. The van der Waals surface area contributed by atoms with E-state index >= 15 is 0 Å². The van der Waals surface area contributed by atoms with Crippen molar-refractivity contribution in [2.75, 3.05) is 5.32 Å². The third-order valence-electron chi connectivity index (χ3n) is 6.43. The van der Waals surface area contributed by atoms with Gasteiger partial charge in [-0.3, -0.25) is 9.48 Å². The van der Waals surface area contributed by atoms with Crippen molar-refractivity contribution < 1.29 is 22.0 Å². The van der Waals surface area contributed by atoms with Crippen LogP contribution in [0.1, 0.15) is 48.2 Å². The zero-order valence-corrected chi connectivity index (χ0v) is 21.0. The molecular formula is C22H26F2N6O3S2. The zero-order chi connectivity index (χ0) is 25.0. The van der Waals surface area contributed by atoms with Gasteiger partial charge in [0, 0.05) is 42.8 Å². The lowest BCUT2D eigenvalue weighted by Gasteiger charge is -2.35. The largest absolute Gasteiger partial charge is 0.316 e. The molecule has 9 nitrogen and oxygen atoms in total. The number of aromatic nitrogens is 2. The van der Waals surface area contributed by atoms with Gasteiger partial charge >= 0.3 is 0 Å². The molecule has 0 spiro atoms. The molecule has 0 bridgehead atoms. The molecule has 1 amide bonds. The fraction of sp³-hybridized carbons (Fsp3) is 0.591. The number of aliphatic imine (C=N–C) groups is 2. The molecule has 188 valence electrons. The van der Waals surface area contributed by atoms with Gasteiger partial charge in [0.2, 0.25) is 15.9 Å². The van der Waals surface area contributed by atoms with Crippen molar-refractivity contribution >= 4 is 44.1 Å². The molecule has 0 unspecified atom stereocenters. The number of nitrogens with zero attached hydrogens (tertiary/aromatic N) is 4. The Morgan fingerprint density at radius 2 is 2.06 bits per heavy atom. The Balaban J connectivity index is 1.42. The summed E-state index contributed by atoms with van der Waals surface area (Å²) in [6.07, 6.45) is 2.09. The highest BCUT2D eigenvalue weighted by molar-refractivity contribution is 7.90. The second-order valence-corrected chi connectivity index (χ2v) is 12.3. The quantitative estimate of drug-likeness (QED) is 0.539. The number of amides is 1. The number of thiophene rings is 1. The average Bonchev–Trinajstić information content (AvgIpc) is 3.45. The molecular weight excluding hydrogens is 498 g/mol. The van der Waals surface area contributed by atoms with Gasteiger partial charge in [-0.15, -0.1) is 11.3 Å². The first-order valence-electron chi connectivity index (χ1n) is 11.5. The minimum Gasteiger partial charge on any atom is -0.316 e. The first kappa shape index (κ1) is 24.2. The van der Waals surface area contributed by atoms with E-state index in [9.17, 15) is 22.0 Å². The topological polar surface area (TPSA) is 118 Å². The minimum absolute atomic E-state index is 0.0131. The Hall–Kier alpha value is -2.47. The summed E-state index contributed by atoms with van der Waals surface area (Å²) >= 11 is 1.25. The molecule has 2 aromatic rings.